The first-order chi connectivity index (χ1) is 31.9. The fourth-order valence-corrected chi connectivity index (χ4v) is 10.9. The molecule has 4 N–H and O–H groups in total. The van der Waals surface area contributed by atoms with Crippen LogP contribution in [0.15, 0.2) is 48.5 Å². The first-order valence-electron chi connectivity index (χ1n) is 24.3. The number of nitrogens with zero attached hydrogens (tertiary/aromatic N) is 2. The average Bonchev–Trinajstić information content (AvgIpc) is 3.54. The lowest BCUT2D eigenvalue weighted by Gasteiger charge is -2.41. The zero-order valence-corrected chi connectivity index (χ0v) is 43.4. The van der Waals surface area contributed by atoms with Crippen molar-refractivity contribution in [1.82, 2.24) is 20.6 Å². The quantitative estimate of drug-likeness (QED) is 0.0292. The molecule has 0 spiro atoms. The Balaban J connectivity index is 1.10. The van der Waals surface area contributed by atoms with Gasteiger partial charge in [0.05, 0.1) is 25.2 Å². The Kier molecular flexibility index (Phi) is 23.1. The van der Waals surface area contributed by atoms with Gasteiger partial charge in [0.15, 0.2) is 8.32 Å². The number of ether oxygens (including phenoxy) is 3. The molecule has 368 valence electrons. The molecule has 2 aromatic rings. The maximum Gasteiger partial charge on any atom is 0.407 e. The molecule has 0 aromatic heterocycles. The standard InChI is InChI=1S/C50H77BN5O9PSi/c1-36(2)56(37(3)4)66(62-32-20-28-52)65-46-42(34-50(5,6)67(7,8)60)47(51)63-44(46)35-61-48(58)54-30-18-10-9-17-29-53-45(57)25-12-11-19-31-55-49(59)64-43-33-40-23-14-13-21-38(40)26-27-39-22-15-16-24-41(39)43/h13-16,21-24,36-37,42-44,46-47,60H,9-12,17-20,25,29-35,51H2,1-8H3,(H,53,57)(H,54,58)(H,55,59)/t42-,43?,44+,46?,47+,66?/m0/s1. The lowest BCUT2D eigenvalue weighted by atomic mass is 9.79. The van der Waals surface area contributed by atoms with E-state index in [1.807, 2.05) is 69.5 Å². The van der Waals surface area contributed by atoms with Crippen molar-refractivity contribution in [2.45, 2.75) is 167 Å². The van der Waals surface area contributed by atoms with Crippen LogP contribution in [-0.2, 0) is 34.5 Å². The largest absolute Gasteiger partial charge is 0.447 e. The Labute approximate surface area is 403 Å². The molecule has 1 fully saturated rings. The highest BCUT2D eigenvalue weighted by Crippen LogP contribution is 2.53. The number of nitrogens with one attached hydrogen (secondary N) is 3. The van der Waals surface area contributed by atoms with Crippen molar-refractivity contribution in [3.63, 3.8) is 0 Å². The number of unbranched alkanes of at least 4 members (excludes halogenated alkanes) is 5. The first-order valence-corrected chi connectivity index (χ1v) is 28.4. The van der Waals surface area contributed by atoms with E-state index in [4.69, 9.17) is 23.3 Å². The third-order valence-electron chi connectivity index (χ3n) is 12.8. The van der Waals surface area contributed by atoms with Crippen LogP contribution < -0.4 is 16.0 Å². The Morgan fingerprint density at radius 3 is 2.16 bits per heavy atom. The maximum absolute atomic E-state index is 12.9. The SMILES string of the molecule is B[C@@H]1O[C@H](COC(=O)NCCCCCCNC(=O)CCCCCNC(=O)OC2Cc3ccccc3C#Cc3ccccc32)C(OP(OCCC#N)N(C(C)C)C(C)C)[C@@H]1CC(C)(C)[Si](C)(C)O. The molecule has 17 heteroatoms. The molecule has 67 heavy (non-hydrogen) atoms. The van der Waals surface area contributed by atoms with Gasteiger partial charge in [-0.25, -0.2) is 14.3 Å². The van der Waals surface area contributed by atoms with Crippen molar-refractivity contribution >= 4 is 42.8 Å². The van der Waals surface area contributed by atoms with Crippen molar-refractivity contribution in [3.05, 3.63) is 70.8 Å². The van der Waals surface area contributed by atoms with Crippen LogP contribution in [-0.4, -0.2) is 107 Å². The Morgan fingerprint density at radius 2 is 1.51 bits per heavy atom. The second-order valence-corrected chi connectivity index (χ2v) is 25.3. The summed E-state index contributed by atoms with van der Waals surface area (Å²) in [5.74, 6) is 6.41. The third-order valence-corrected chi connectivity index (χ3v) is 18.4. The fraction of sp³-hybridized carbons (Fsp3) is 0.640. The second kappa shape index (κ2) is 27.9. The van der Waals surface area contributed by atoms with Gasteiger partial charge in [0.25, 0.3) is 8.53 Å². The van der Waals surface area contributed by atoms with E-state index in [0.717, 1.165) is 67.2 Å². The molecule has 0 bridgehead atoms. The van der Waals surface area contributed by atoms with Crippen LogP contribution in [0.3, 0.4) is 0 Å². The minimum absolute atomic E-state index is 0.00331. The monoisotopic (exact) mass is 962 g/mol. The topological polar surface area (TPSA) is 181 Å². The van der Waals surface area contributed by atoms with Gasteiger partial charge in [-0.05, 0) is 95.6 Å². The summed E-state index contributed by atoms with van der Waals surface area (Å²) in [5.41, 5.74) is 3.74. The van der Waals surface area contributed by atoms with Crippen molar-refractivity contribution in [1.29, 1.82) is 5.26 Å². The van der Waals surface area contributed by atoms with E-state index in [2.05, 4.69) is 80.1 Å². The molecule has 1 saturated heterocycles. The predicted octanol–water partition coefficient (Wildman–Crippen LogP) is 8.38. The predicted molar refractivity (Wildman–Crippen MR) is 268 cm³/mol. The van der Waals surface area contributed by atoms with E-state index in [1.54, 1.807) is 0 Å². The first kappa shape index (κ1) is 55.6. The van der Waals surface area contributed by atoms with Gasteiger partial charge in [-0.1, -0.05) is 81.3 Å². The summed E-state index contributed by atoms with van der Waals surface area (Å²) < 4.78 is 33.4. The summed E-state index contributed by atoms with van der Waals surface area (Å²) in [6, 6.07) is 17.9. The zero-order valence-electron chi connectivity index (χ0n) is 41.5. The van der Waals surface area contributed by atoms with E-state index < -0.39 is 47.3 Å². The number of rotatable bonds is 27. The van der Waals surface area contributed by atoms with Crippen molar-refractivity contribution < 1.29 is 42.4 Å². The molecule has 1 aliphatic carbocycles. The van der Waals surface area contributed by atoms with E-state index in [1.165, 1.54) is 0 Å². The summed E-state index contributed by atoms with van der Waals surface area (Å²) in [7, 11) is -2.15. The van der Waals surface area contributed by atoms with Crippen molar-refractivity contribution in [2.24, 2.45) is 5.92 Å². The lowest BCUT2D eigenvalue weighted by molar-refractivity contribution is -0.121. The minimum atomic E-state index is -2.57. The fourth-order valence-electron chi connectivity index (χ4n) is 8.33. The molecular formula is C50H77BN5O9PSi. The normalized spacial score (nSPS) is 19.5. The lowest BCUT2D eigenvalue weighted by Crippen LogP contribution is -2.44. The van der Waals surface area contributed by atoms with Crippen LogP contribution in [0.2, 0.25) is 18.1 Å². The summed E-state index contributed by atoms with van der Waals surface area (Å²) in [6.45, 7) is 18.2. The second-order valence-electron chi connectivity index (χ2n) is 19.4. The van der Waals surface area contributed by atoms with Crippen molar-refractivity contribution in [3.8, 4) is 17.9 Å². The molecule has 3 unspecified atom stereocenters. The molecule has 4 rings (SSSR count). The number of fused-ring (bicyclic) bond motifs is 2. The van der Waals surface area contributed by atoms with Gasteiger partial charge < -0.3 is 44.0 Å². The third kappa shape index (κ3) is 18.1. The number of alkyl carbamates (subject to hydrolysis) is 2. The van der Waals surface area contributed by atoms with Gasteiger partial charge in [0.2, 0.25) is 5.91 Å². The molecule has 3 amide bonds. The van der Waals surface area contributed by atoms with Crippen LogP contribution >= 0.6 is 8.53 Å². The van der Waals surface area contributed by atoms with Gasteiger partial charge in [-0.2, -0.15) is 5.26 Å². The van der Waals surface area contributed by atoms with Crippen LogP contribution in [0.4, 0.5) is 9.59 Å². The van der Waals surface area contributed by atoms with Gasteiger partial charge in [0, 0.05) is 73.2 Å². The number of amides is 3. The van der Waals surface area contributed by atoms with Crippen molar-refractivity contribution in [2.75, 3.05) is 32.8 Å². The van der Waals surface area contributed by atoms with Gasteiger partial charge in [-0.15, -0.1) is 0 Å². The molecule has 0 radical (unpaired) electrons. The molecule has 6 atom stereocenters. The van der Waals surface area contributed by atoms with E-state index in [-0.39, 0.29) is 54.6 Å². The molecule has 14 nitrogen and oxygen atoms in total. The number of carbonyl (C=O) groups excluding carboxylic acids is 3. The summed E-state index contributed by atoms with van der Waals surface area (Å²) in [5, 5.41) is 17.6. The van der Waals surface area contributed by atoms with Crippen LogP contribution in [0.1, 0.15) is 134 Å². The molecular weight excluding hydrogens is 884 g/mol. The molecule has 1 heterocycles. The average molecular weight is 962 g/mol. The molecule has 2 aromatic carbocycles. The highest BCUT2D eigenvalue weighted by molar-refractivity contribution is 7.44. The maximum atomic E-state index is 12.9. The number of benzene rings is 2. The van der Waals surface area contributed by atoms with E-state index >= 15 is 0 Å². The molecule has 2 aliphatic rings. The number of hydrogen-bond donors (Lipinski definition) is 4. The summed E-state index contributed by atoms with van der Waals surface area (Å²) in [6.07, 6.45) is 5.10. The van der Waals surface area contributed by atoms with E-state index in [0.29, 0.717) is 38.9 Å². The minimum Gasteiger partial charge on any atom is -0.447 e. The molecule has 1 aliphatic heterocycles. The summed E-state index contributed by atoms with van der Waals surface area (Å²) >= 11 is 0. The number of nitriles is 1. The van der Waals surface area contributed by atoms with E-state index in [9.17, 15) is 24.4 Å². The van der Waals surface area contributed by atoms with Crippen LogP contribution in [0.25, 0.3) is 0 Å². The van der Waals surface area contributed by atoms with Crippen LogP contribution in [0.5, 0.6) is 0 Å². The Bertz CT molecular complexity index is 1980. The highest BCUT2D eigenvalue weighted by atomic mass is 31.2. The smallest absolute Gasteiger partial charge is 0.407 e. The van der Waals surface area contributed by atoms with Gasteiger partial charge in [0.1, 0.15) is 26.7 Å². The van der Waals surface area contributed by atoms with Crippen LogP contribution in [0, 0.1) is 29.1 Å². The number of carbonyl (C=O) groups is 3. The highest BCUT2D eigenvalue weighted by Gasteiger charge is 2.50. The Hall–Kier alpha value is -3.99. The van der Waals surface area contributed by atoms with Gasteiger partial charge >= 0.3 is 12.2 Å². The van der Waals surface area contributed by atoms with Gasteiger partial charge in [-0.3, -0.25) is 4.79 Å². The number of hydrogen-bond acceptors (Lipinski definition) is 11. The zero-order chi connectivity index (χ0) is 49.0. The Morgan fingerprint density at radius 1 is 0.910 bits per heavy atom. The molecule has 0 saturated carbocycles. The summed E-state index contributed by atoms with van der Waals surface area (Å²) in [4.78, 5) is 49.3.